The van der Waals surface area contributed by atoms with E-state index in [9.17, 15) is 4.79 Å². The zero-order valence-electron chi connectivity index (χ0n) is 15.2. The highest BCUT2D eigenvalue weighted by Crippen LogP contribution is 2.36. The van der Waals surface area contributed by atoms with Crippen molar-refractivity contribution in [1.29, 1.82) is 0 Å². The van der Waals surface area contributed by atoms with Crippen molar-refractivity contribution < 1.29 is 9.84 Å². The van der Waals surface area contributed by atoms with Crippen LogP contribution in [0.5, 0.6) is 0 Å². The van der Waals surface area contributed by atoms with Crippen LogP contribution >= 0.6 is 23.1 Å². The molecule has 1 aliphatic rings. The van der Waals surface area contributed by atoms with Gasteiger partial charge in [-0.25, -0.2) is 4.98 Å². The molecule has 1 aromatic carbocycles. The Hall–Kier alpha value is -1.67. The molecule has 0 saturated carbocycles. The van der Waals surface area contributed by atoms with Crippen molar-refractivity contribution in [2.45, 2.75) is 31.3 Å². The highest BCUT2D eigenvalue weighted by molar-refractivity contribution is 7.99. The number of thioether (sulfide) groups is 1. The Morgan fingerprint density at radius 2 is 2.07 bits per heavy atom. The molecule has 27 heavy (non-hydrogen) atoms. The van der Waals surface area contributed by atoms with Gasteiger partial charge in [-0.15, -0.1) is 11.3 Å². The van der Waals surface area contributed by atoms with Gasteiger partial charge in [0.25, 0.3) is 5.56 Å². The number of fused-ring (bicyclic) bond motifs is 3. The third-order valence-electron chi connectivity index (χ3n) is 4.69. The van der Waals surface area contributed by atoms with Crippen molar-refractivity contribution in [2.24, 2.45) is 0 Å². The van der Waals surface area contributed by atoms with Crippen LogP contribution in [-0.2, 0) is 17.6 Å². The minimum atomic E-state index is 0.0176. The molecule has 2 aromatic heterocycles. The fraction of sp³-hybridized carbons (Fsp3) is 0.400. The Kier molecular flexibility index (Phi) is 5.63. The Labute approximate surface area is 166 Å². The summed E-state index contributed by atoms with van der Waals surface area (Å²) < 4.78 is 7.09. The van der Waals surface area contributed by atoms with Crippen molar-refractivity contribution in [3.63, 3.8) is 0 Å². The summed E-state index contributed by atoms with van der Waals surface area (Å²) in [6, 6.07) is 7.98. The Bertz CT molecular complexity index is 1010. The van der Waals surface area contributed by atoms with Gasteiger partial charge >= 0.3 is 0 Å². The van der Waals surface area contributed by atoms with Crippen molar-refractivity contribution in [3.8, 4) is 5.69 Å². The van der Waals surface area contributed by atoms with E-state index in [-0.39, 0.29) is 12.2 Å². The number of nitrogens with zero attached hydrogens (tertiary/aromatic N) is 2. The fourth-order valence-corrected chi connectivity index (χ4v) is 5.57. The molecule has 7 heteroatoms. The predicted octanol–water partition coefficient (Wildman–Crippen LogP) is 3.35. The van der Waals surface area contributed by atoms with E-state index in [2.05, 4.69) is 0 Å². The maximum absolute atomic E-state index is 13.4. The van der Waals surface area contributed by atoms with Crippen LogP contribution in [0.25, 0.3) is 15.9 Å². The Balaban J connectivity index is 1.78. The number of hydrogen-bond donors (Lipinski definition) is 1. The summed E-state index contributed by atoms with van der Waals surface area (Å²) in [5, 5.41) is 10.3. The second-order valence-electron chi connectivity index (χ2n) is 6.59. The molecule has 3 aromatic rings. The SMILES string of the molecule is Cc1ccc(-n2c(SCCOCCO)nc3sc4c(c3c2=O)CCC4)cc1. The van der Waals surface area contributed by atoms with Gasteiger partial charge in [-0.3, -0.25) is 9.36 Å². The third-order valence-corrected chi connectivity index (χ3v) is 6.78. The van der Waals surface area contributed by atoms with Crippen LogP contribution in [0.3, 0.4) is 0 Å². The fourth-order valence-electron chi connectivity index (χ4n) is 3.40. The molecule has 4 rings (SSSR count). The zero-order valence-corrected chi connectivity index (χ0v) is 16.9. The Morgan fingerprint density at radius 1 is 1.26 bits per heavy atom. The van der Waals surface area contributed by atoms with Gasteiger partial charge in [0.05, 0.1) is 30.9 Å². The minimum Gasteiger partial charge on any atom is -0.394 e. The summed E-state index contributed by atoms with van der Waals surface area (Å²) in [4.78, 5) is 20.5. The van der Waals surface area contributed by atoms with Crippen LogP contribution in [0.15, 0.2) is 34.2 Å². The van der Waals surface area contributed by atoms with E-state index >= 15 is 0 Å². The van der Waals surface area contributed by atoms with Crippen LogP contribution in [0.1, 0.15) is 22.4 Å². The Morgan fingerprint density at radius 3 is 2.85 bits per heavy atom. The maximum atomic E-state index is 13.4. The average Bonchev–Trinajstić information content (AvgIpc) is 3.23. The molecule has 2 heterocycles. The van der Waals surface area contributed by atoms with Gasteiger partial charge in [-0.2, -0.15) is 0 Å². The molecule has 0 fully saturated rings. The second-order valence-corrected chi connectivity index (χ2v) is 8.74. The molecular formula is C20H22N2O3S2. The molecule has 1 N–H and O–H groups in total. The van der Waals surface area contributed by atoms with Gasteiger partial charge in [0.15, 0.2) is 5.16 Å². The molecule has 0 aliphatic heterocycles. The lowest BCUT2D eigenvalue weighted by Crippen LogP contribution is -2.22. The lowest BCUT2D eigenvalue weighted by molar-refractivity contribution is 0.103. The van der Waals surface area contributed by atoms with Crippen LogP contribution in [0.2, 0.25) is 0 Å². The summed E-state index contributed by atoms with van der Waals surface area (Å²) in [5.41, 5.74) is 3.24. The topological polar surface area (TPSA) is 64.3 Å². The number of ether oxygens (including phenoxy) is 1. The smallest absolute Gasteiger partial charge is 0.267 e. The lowest BCUT2D eigenvalue weighted by Gasteiger charge is -2.13. The van der Waals surface area contributed by atoms with Gasteiger partial charge in [-0.1, -0.05) is 29.5 Å². The van der Waals surface area contributed by atoms with Crippen LogP contribution in [0.4, 0.5) is 0 Å². The minimum absolute atomic E-state index is 0.0176. The summed E-state index contributed by atoms with van der Waals surface area (Å²) in [7, 11) is 0. The normalized spacial score (nSPS) is 13.4. The molecule has 0 saturated heterocycles. The lowest BCUT2D eigenvalue weighted by atomic mass is 10.2. The van der Waals surface area contributed by atoms with Gasteiger partial charge in [0, 0.05) is 10.6 Å². The first kappa shape index (κ1) is 18.7. The highest BCUT2D eigenvalue weighted by atomic mass is 32.2. The largest absolute Gasteiger partial charge is 0.394 e. The van der Waals surface area contributed by atoms with E-state index in [4.69, 9.17) is 14.8 Å². The number of rotatable bonds is 7. The maximum Gasteiger partial charge on any atom is 0.267 e. The average molecular weight is 403 g/mol. The number of aliphatic hydroxyl groups excluding tert-OH is 1. The summed E-state index contributed by atoms with van der Waals surface area (Å²) in [6.07, 6.45) is 3.15. The summed E-state index contributed by atoms with van der Waals surface area (Å²) >= 11 is 3.18. The summed E-state index contributed by atoms with van der Waals surface area (Å²) in [5.74, 6) is 0.675. The van der Waals surface area contributed by atoms with Crippen molar-refractivity contribution in [3.05, 3.63) is 50.6 Å². The number of thiophene rings is 1. The van der Waals surface area contributed by atoms with Gasteiger partial charge in [0.1, 0.15) is 4.83 Å². The van der Waals surface area contributed by atoms with E-state index in [1.54, 1.807) is 15.9 Å². The van der Waals surface area contributed by atoms with Crippen LogP contribution < -0.4 is 5.56 Å². The molecular weight excluding hydrogens is 380 g/mol. The van der Waals surface area contributed by atoms with Gasteiger partial charge < -0.3 is 9.84 Å². The molecule has 0 amide bonds. The highest BCUT2D eigenvalue weighted by Gasteiger charge is 2.23. The molecule has 1 aliphatic carbocycles. The molecule has 5 nitrogen and oxygen atoms in total. The standard InChI is InChI=1S/C20H22N2O3S2/c1-13-5-7-14(8-6-13)22-19(24)17-15-3-2-4-16(15)27-18(17)21-20(22)26-12-11-25-10-9-23/h5-8,23H,2-4,9-12H2,1H3. The number of aryl methyl sites for hydroxylation is 3. The number of hydrogen-bond acceptors (Lipinski definition) is 6. The third kappa shape index (κ3) is 3.69. The molecule has 0 atom stereocenters. The monoisotopic (exact) mass is 402 g/mol. The van der Waals surface area contributed by atoms with Gasteiger partial charge in [0.2, 0.25) is 0 Å². The molecule has 0 radical (unpaired) electrons. The molecule has 0 unspecified atom stereocenters. The van der Waals surface area contributed by atoms with Crippen LogP contribution in [-0.4, -0.2) is 40.2 Å². The first-order valence-electron chi connectivity index (χ1n) is 9.15. The predicted molar refractivity (Wildman–Crippen MR) is 111 cm³/mol. The quantitative estimate of drug-likeness (QED) is 0.373. The van der Waals surface area contributed by atoms with Crippen molar-refractivity contribution in [2.75, 3.05) is 25.6 Å². The first-order valence-corrected chi connectivity index (χ1v) is 10.9. The van der Waals surface area contributed by atoms with Crippen molar-refractivity contribution >= 4 is 33.3 Å². The number of benzene rings is 1. The molecule has 142 valence electrons. The number of aliphatic hydroxyl groups is 1. The molecule has 0 bridgehead atoms. The van der Waals surface area contributed by atoms with E-state index in [0.717, 1.165) is 40.7 Å². The second kappa shape index (κ2) is 8.14. The zero-order chi connectivity index (χ0) is 18.8. The van der Waals surface area contributed by atoms with Crippen LogP contribution in [0, 0.1) is 6.92 Å². The van der Waals surface area contributed by atoms with E-state index in [1.165, 1.54) is 22.2 Å². The number of aromatic nitrogens is 2. The van der Waals surface area contributed by atoms with Crippen molar-refractivity contribution in [1.82, 2.24) is 9.55 Å². The summed E-state index contributed by atoms with van der Waals surface area (Å²) in [6.45, 7) is 2.89. The van der Waals surface area contributed by atoms with E-state index < -0.39 is 0 Å². The first-order chi connectivity index (χ1) is 13.2. The molecule has 0 spiro atoms. The van der Waals surface area contributed by atoms with E-state index in [1.807, 2.05) is 31.2 Å². The van der Waals surface area contributed by atoms with Gasteiger partial charge in [-0.05, 0) is 43.9 Å². The van der Waals surface area contributed by atoms with E-state index in [0.29, 0.717) is 24.1 Å².